The van der Waals surface area contributed by atoms with Crippen LogP contribution in [0.4, 0.5) is 26.3 Å². The topological polar surface area (TPSA) is 86.7 Å². The fourth-order valence-electron chi connectivity index (χ4n) is 4.31. The Bertz CT molecular complexity index is 1460. The van der Waals surface area contributed by atoms with E-state index in [4.69, 9.17) is 0 Å². The minimum Gasteiger partial charge on any atom is -0.333 e. The van der Waals surface area contributed by atoms with Crippen molar-refractivity contribution in [2.24, 2.45) is 0 Å². The number of rotatable bonds is 5. The fourth-order valence-corrected chi connectivity index (χ4v) is 4.31. The molecule has 13 heteroatoms. The van der Waals surface area contributed by atoms with Gasteiger partial charge in [0.1, 0.15) is 11.5 Å². The van der Waals surface area contributed by atoms with Crippen LogP contribution in [0.15, 0.2) is 58.0 Å². The second-order valence-corrected chi connectivity index (χ2v) is 8.98. The van der Waals surface area contributed by atoms with Crippen LogP contribution in [0.3, 0.4) is 0 Å². The molecule has 0 bridgehead atoms. The molecule has 1 fully saturated rings. The Kier molecular flexibility index (Phi) is 8.46. The van der Waals surface area contributed by atoms with E-state index in [0.717, 1.165) is 48.1 Å². The van der Waals surface area contributed by atoms with Crippen LogP contribution in [0.25, 0.3) is 11.5 Å². The summed E-state index contributed by atoms with van der Waals surface area (Å²) in [6, 6.07) is 9.91. The molecule has 3 heterocycles. The van der Waals surface area contributed by atoms with Gasteiger partial charge in [-0.1, -0.05) is 30.1 Å². The number of hydrogen-bond donors (Lipinski definition) is 0. The largest absolute Gasteiger partial charge is 0.418 e. The predicted octanol–water partition coefficient (Wildman–Crippen LogP) is 6.48. The maximum absolute atomic E-state index is 13.3. The van der Waals surface area contributed by atoms with E-state index >= 15 is 0 Å². The molecule has 1 aliphatic rings. The Morgan fingerprint density at radius 1 is 1.10 bits per heavy atom. The van der Waals surface area contributed by atoms with Crippen LogP contribution in [-0.2, 0) is 12.7 Å². The molecule has 39 heavy (non-hydrogen) atoms. The molecule has 0 unspecified atom stereocenters. The predicted molar refractivity (Wildman–Crippen MR) is 127 cm³/mol. The molecule has 0 aliphatic heterocycles. The van der Waals surface area contributed by atoms with Crippen molar-refractivity contribution in [1.82, 2.24) is 24.9 Å². The third-order valence-corrected chi connectivity index (χ3v) is 6.13. The van der Waals surface area contributed by atoms with Crippen molar-refractivity contribution in [2.45, 2.75) is 57.7 Å². The van der Waals surface area contributed by atoms with Gasteiger partial charge in [0.2, 0.25) is 5.82 Å². The average Bonchev–Trinajstić information content (AvgIpc) is 3.58. The summed E-state index contributed by atoms with van der Waals surface area (Å²) in [4.78, 5) is 20.4. The normalized spacial score (nSPS) is 13.9. The van der Waals surface area contributed by atoms with Crippen LogP contribution >= 0.6 is 0 Å². The second kappa shape index (κ2) is 11.8. The lowest BCUT2D eigenvalue weighted by Crippen LogP contribution is -2.29. The number of hydrogen-bond acceptors (Lipinski definition) is 6. The Balaban J connectivity index is 0.000000379. The smallest absolute Gasteiger partial charge is 0.333 e. The lowest BCUT2D eigenvalue weighted by Gasteiger charge is -2.15. The van der Waals surface area contributed by atoms with Crippen molar-refractivity contribution in [1.29, 1.82) is 0 Å². The third kappa shape index (κ3) is 6.89. The minimum atomic E-state index is -4.67. The van der Waals surface area contributed by atoms with E-state index in [0.29, 0.717) is 5.56 Å². The third-order valence-electron chi connectivity index (χ3n) is 6.13. The number of aryl methyl sites for hydroxylation is 1. The molecule has 0 spiro atoms. The minimum absolute atomic E-state index is 0.0401. The number of aromatic nitrogens is 5. The second-order valence-electron chi connectivity index (χ2n) is 8.98. The molecule has 3 aromatic heterocycles. The molecule has 0 amide bonds. The van der Waals surface area contributed by atoms with E-state index in [9.17, 15) is 31.1 Å². The van der Waals surface area contributed by atoms with Crippen LogP contribution < -0.4 is 5.56 Å². The summed E-state index contributed by atoms with van der Waals surface area (Å²) in [6.45, 7) is 1.31. The van der Waals surface area contributed by atoms with Gasteiger partial charge in [-0.05, 0) is 61.6 Å². The molecule has 7 nitrogen and oxygen atoms in total. The molecule has 0 N–H and O–H groups in total. The Hall–Kier alpha value is -4.03. The first-order chi connectivity index (χ1) is 18.5. The Morgan fingerprint density at radius 3 is 2.44 bits per heavy atom. The molecule has 1 aliphatic carbocycles. The highest BCUT2D eigenvalue weighted by atomic mass is 19.4. The zero-order valence-corrected chi connectivity index (χ0v) is 20.6. The van der Waals surface area contributed by atoms with Gasteiger partial charge in [0, 0.05) is 11.8 Å². The zero-order valence-electron chi connectivity index (χ0n) is 20.6. The molecule has 206 valence electrons. The first kappa shape index (κ1) is 28.0. The molecule has 0 atom stereocenters. The van der Waals surface area contributed by atoms with E-state index in [-0.39, 0.29) is 28.9 Å². The van der Waals surface area contributed by atoms with Crippen LogP contribution in [-0.4, -0.2) is 24.9 Å². The standard InChI is InChI=1S/C19H16F5N5O2.C7H7F/c20-15(21)17-26-16(28-31-17)13-8-11(10-4-1-2-5-10)18(30)29(27-13)9-14-12(19(22,23)24)6-3-7-25-14;1-6-3-2-4-7(8)5-6/h3,6-8,10,15H,1-2,4-5,9H2;2-5H,1H3. The zero-order chi connectivity index (χ0) is 28.2. The van der Waals surface area contributed by atoms with Crippen molar-refractivity contribution in [2.75, 3.05) is 0 Å². The highest BCUT2D eigenvalue weighted by molar-refractivity contribution is 5.49. The highest BCUT2D eigenvalue weighted by Gasteiger charge is 2.34. The lowest BCUT2D eigenvalue weighted by molar-refractivity contribution is -0.138. The van der Waals surface area contributed by atoms with Crippen LogP contribution in [0.2, 0.25) is 0 Å². The number of nitrogens with zero attached hydrogens (tertiary/aromatic N) is 5. The van der Waals surface area contributed by atoms with Gasteiger partial charge in [-0.3, -0.25) is 9.78 Å². The molecule has 1 saturated carbocycles. The van der Waals surface area contributed by atoms with Gasteiger partial charge in [-0.15, -0.1) is 0 Å². The lowest BCUT2D eigenvalue weighted by atomic mass is 9.98. The van der Waals surface area contributed by atoms with Crippen molar-refractivity contribution in [3.8, 4) is 11.5 Å². The first-order valence-electron chi connectivity index (χ1n) is 12.0. The van der Waals surface area contributed by atoms with Gasteiger partial charge in [0.15, 0.2) is 0 Å². The SMILES string of the molecule is Cc1cccc(F)c1.O=c1c(C2CCCC2)cc(-c2noc(C(F)F)n2)nn1Cc1ncccc1C(F)(F)F. The van der Waals surface area contributed by atoms with Crippen LogP contribution in [0.5, 0.6) is 0 Å². The van der Waals surface area contributed by atoms with Crippen LogP contribution in [0, 0.1) is 12.7 Å². The fraction of sp³-hybridized carbons (Fsp3) is 0.346. The Labute approximate surface area is 218 Å². The average molecular weight is 551 g/mol. The van der Waals surface area contributed by atoms with Crippen molar-refractivity contribution in [3.05, 3.63) is 93.1 Å². The number of alkyl halides is 5. The molecule has 5 rings (SSSR count). The summed E-state index contributed by atoms with van der Waals surface area (Å²) in [5.41, 5.74) is -0.689. The summed E-state index contributed by atoms with van der Waals surface area (Å²) in [6.07, 6.45) is -3.22. The number of benzene rings is 1. The van der Waals surface area contributed by atoms with Gasteiger partial charge in [0.25, 0.3) is 11.4 Å². The van der Waals surface area contributed by atoms with Crippen molar-refractivity contribution < 1.29 is 30.9 Å². The van der Waals surface area contributed by atoms with E-state index in [1.54, 1.807) is 6.07 Å². The molecular weight excluding hydrogens is 528 g/mol. The van der Waals surface area contributed by atoms with Gasteiger partial charge in [0.05, 0.1) is 17.8 Å². The maximum Gasteiger partial charge on any atom is 0.418 e. The monoisotopic (exact) mass is 551 g/mol. The maximum atomic E-state index is 13.3. The summed E-state index contributed by atoms with van der Waals surface area (Å²) in [5, 5.41) is 7.50. The van der Waals surface area contributed by atoms with E-state index in [1.807, 2.05) is 13.0 Å². The summed E-state index contributed by atoms with van der Waals surface area (Å²) >= 11 is 0. The van der Waals surface area contributed by atoms with E-state index < -0.39 is 36.2 Å². The summed E-state index contributed by atoms with van der Waals surface area (Å²) in [7, 11) is 0. The van der Waals surface area contributed by atoms with Crippen LogP contribution in [0.1, 0.15) is 66.3 Å². The Morgan fingerprint density at radius 2 is 1.85 bits per heavy atom. The van der Waals surface area contributed by atoms with Crippen molar-refractivity contribution >= 4 is 0 Å². The van der Waals surface area contributed by atoms with Crippen molar-refractivity contribution in [3.63, 3.8) is 0 Å². The summed E-state index contributed by atoms with van der Waals surface area (Å²) in [5.74, 6) is -1.47. The first-order valence-corrected chi connectivity index (χ1v) is 12.0. The van der Waals surface area contributed by atoms with E-state index in [1.165, 1.54) is 24.4 Å². The molecule has 4 aromatic rings. The molecule has 1 aromatic carbocycles. The number of halogens is 6. The van der Waals surface area contributed by atoms with Gasteiger partial charge >= 0.3 is 12.6 Å². The molecular formula is C26H23F6N5O2. The highest BCUT2D eigenvalue weighted by Crippen LogP contribution is 2.34. The molecule has 0 saturated heterocycles. The van der Waals surface area contributed by atoms with Gasteiger partial charge in [-0.25, -0.2) is 9.07 Å². The summed E-state index contributed by atoms with van der Waals surface area (Å²) < 4.78 is 83.2. The van der Waals surface area contributed by atoms with Gasteiger partial charge in [-0.2, -0.15) is 32.0 Å². The quantitative estimate of drug-likeness (QED) is 0.264. The molecule has 0 radical (unpaired) electrons. The van der Waals surface area contributed by atoms with Gasteiger partial charge < -0.3 is 4.52 Å². The van der Waals surface area contributed by atoms with E-state index in [2.05, 4.69) is 24.7 Å². The number of pyridine rings is 1.